The van der Waals surface area contributed by atoms with Gasteiger partial charge in [0.05, 0.1) is 31.4 Å². The number of aliphatic hydroxyl groups is 1. The molecule has 0 radical (unpaired) electrons. The summed E-state index contributed by atoms with van der Waals surface area (Å²) in [6, 6.07) is 9.81. The van der Waals surface area contributed by atoms with Gasteiger partial charge in [-0.05, 0) is 18.9 Å². The van der Waals surface area contributed by atoms with Crippen LogP contribution in [0.15, 0.2) is 30.3 Å². The van der Waals surface area contributed by atoms with E-state index in [4.69, 9.17) is 4.74 Å². The highest BCUT2D eigenvalue weighted by molar-refractivity contribution is 5.59. The monoisotopic (exact) mass is 263 g/mol. The van der Waals surface area contributed by atoms with Crippen LogP contribution in [0.3, 0.4) is 0 Å². The van der Waals surface area contributed by atoms with Crippen LogP contribution in [0.1, 0.15) is 12.5 Å². The summed E-state index contributed by atoms with van der Waals surface area (Å²) in [5, 5.41) is 9.42. The first-order chi connectivity index (χ1) is 9.26. The molecule has 3 unspecified atom stereocenters. The summed E-state index contributed by atoms with van der Waals surface area (Å²) in [6.07, 6.45) is 1.68. The van der Waals surface area contributed by atoms with Crippen molar-refractivity contribution in [2.45, 2.75) is 31.5 Å². The molecule has 4 heteroatoms. The maximum absolute atomic E-state index is 11.3. The molecule has 2 rings (SSSR count). The molecule has 0 saturated carbocycles. The number of hydrogen-bond acceptors (Lipinski definition) is 4. The van der Waals surface area contributed by atoms with Crippen molar-refractivity contribution in [3.63, 3.8) is 0 Å². The highest BCUT2D eigenvalue weighted by Gasteiger charge is 2.35. The molecule has 1 heterocycles. The van der Waals surface area contributed by atoms with Crippen LogP contribution in [0, 0.1) is 0 Å². The quantitative estimate of drug-likeness (QED) is 0.801. The molecule has 0 aromatic heterocycles. The lowest BCUT2D eigenvalue weighted by molar-refractivity contribution is -0.135. The summed E-state index contributed by atoms with van der Waals surface area (Å²) in [4.78, 5) is 13.3. The number of hydrogen-bond donors (Lipinski definition) is 1. The number of rotatable bonds is 5. The third-order valence-electron chi connectivity index (χ3n) is 3.74. The average Bonchev–Trinajstić information content (AvgIpc) is 2.46. The van der Waals surface area contributed by atoms with Gasteiger partial charge in [-0.3, -0.25) is 4.90 Å². The number of morpholine rings is 1. The molecule has 1 aliphatic heterocycles. The largest absolute Gasteiger partial charge is 0.395 e. The predicted octanol–water partition coefficient (Wildman–Crippen LogP) is 0.878. The Morgan fingerprint density at radius 2 is 2.16 bits per heavy atom. The highest BCUT2D eigenvalue weighted by atomic mass is 16.5. The van der Waals surface area contributed by atoms with E-state index < -0.39 is 0 Å². The fourth-order valence-electron chi connectivity index (χ4n) is 2.55. The molecule has 1 aromatic rings. The van der Waals surface area contributed by atoms with Gasteiger partial charge in [0.25, 0.3) is 0 Å². The van der Waals surface area contributed by atoms with Gasteiger partial charge in [0.1, 0.15) is 6.29 Å². The second kappa shape index (κ2) is 6.80. The minimum atomic E-state index is -0.269. The molecule has 0 spiro atoms. The van der Waals surface area contributed by atoms with E-state index >= 15 is 0 Å². The van der Waals surface area contributed by atoms with Crippen molar-refractivity contribution in [2.75, 3.05) is 19.8 Å². The van der Waals surface area contributed by atoms with Crippen LogP contribution >= 0.6 is 0 Å². The normalized spacial score (nSPS) is 28.2. The zero-order valence-corrected chi connectivity index (χ0v) is 11.2. The number of carbonyl (C=O) groups excluding carboxylic acids is 1. The maximum atomic E-state index is 11.3. The fourth-order valence-corrected chi connectivity index (χ4v) is 2.55. The highest BCUT2D eigenvalue weighted by Crippen LogP contribution is 2.18. The second-order valence-corrected chi connectivity index (χ2v) is 4.97. The van der Waals surface area contributed by atoms with Gasteiger partial charge in [0.15, 0.2) is 0 Å². The van der Waals surface area contributed by atoms with E-state index in [0.717, 1.165) is 19.3 Å². The summed E-state index contributed by atoms with van der Waals surface area (Å²) in [7, 11) is 0. The lowest BCUT2D eigenvalue weighted by atomic mass is 10.0. The zero-order valence-electron chi connectivity index (χ0n) is 11.2. The first-order valence-corrected chi connectivity index (χ1v) is 6.73. The van der Waals surface area contributed by atoms with Crippen LogP contribution in [-0.4, -0.2) is 54.2 Å². The second-order valence-electron chi connectivity index (χ2n) is 4.97. The van der Waals surface area contributed by atoms with Gasteiger partial charge < -0.3 is 14.6 Å². The maximum Gasteiger partial charge on any atom is 0.139 e. The summed E-state index contributed by atoms with van der Waals surface area (Å²) in [6.45, 7) is 3.16. The topological polar surface area (TPSA) is 49.8 Å². The summed E-state index contributed by atoms with van der Waals surface area (Å²) < 4.78 is 5.53. The fraction of sp³-hybridized carbons (Fsp3) is 0.533. The van der Waals surface area contributed by atoms with Gasteiger partial charge in [0, 0.05) is 6.54 Å². The van der Waals surface area contributed by atoms with Crippen molar-refractivity contribution in [2.24, 2.45) is 0 Å². The number of carbonyl (C=O) groups is 1. The molecule has 19 heavy (non-hydrogen) atoms. The van der Waals surface area contributed by atoms with Crippen molar-refractivity contribution in [1.82, 2.24) is 4.90 Å². The average molecular weight is 263 g/mol. The van der Waals surface area contributed by atoms with Gasteiger partial charge in [-0.2, -0.15) is 0 Å². The third-order valence-corrected chi connectivity index (χ3v) is 3.74. The van der Waals surface area contributed by atoms with E-state index in [-0.39, 0.29) is 24.8 Å². The minimum Gasteiger partial charge on any atom is -0.395 e. The first-order valence-electron chi connectivity index (χ1n) is 6.73. The third kappa shape index (κ3) is 3.41. The molecule has 0 bridgehead atoms. The molecular formula is C15H21NO3. The van der Waals surface area contributed by atoms with Crippen molar-refractivity contribution in [3.05, 3.63) is 35.9 Å². The Hall–Kier alpha value is -1.23. The lowest BCUT2D eigenvalue weighted by Crippen LogP contribution is -2.58. The van der Waals surface area contributed by atoms with Gasteiger partial charge >= 0.3 is 0 Å². The molecule has 1 fully saturated rings. The van der Waals surface area contributed by atoms with E-state index in [0.29, 0.717) is 6.61 Å². The summed E-state index contributed by atoms with van der Waals surface area (Å²) >= 11 is 0. The smallest absolute Gasteiger partial charge is 0.139 e. The molecule has 104 valence electrons. The van der Waals surface area contributed by atoms with Crippen LogP contribution in [-0.2, 0) is 16.0 Å². The van der Waals surface area contributed by atoms with Crippen LogP contribution in [0.25, 0.3) is 0 Å². The van der Waals surface area contributed by atoms with Gasteiger partial charge in [-0.1, -0.05) is 30.3 Å². The van der Waals surface area contributed by atoms with E-state index in [9.17, 15) is 9.90 Å². The lowest BCUT2D eigenvalue weighted by Gasteiger charge is -2.42. The number of nitrogens with zero attached hydrogens (tertiary/aromatic N) is 1. The van der Waals surface area contributed by atoms with E-state index in [1.807, 2.05) is 25.1 Å². The van der Waals surface area contributed by atoms with Crippen LogP contribution in [0.5, 0.6) is 0 Å². The Morgan fingerprint density at radius 3 is 2.79 bits per heavy atom. The number of aliphatic hydroxyl groups excluding tert-OH is 1. The molecule has 4 nitrogen and oxygen atoms in total. The van der Waals surface area contributed by atoms with E-state index in [2.05, 4.69) is 17.0 Å². The minimum absolute atomic E-state index is 0.0197. The number of benzene rings is 1. The molecule has 3 atom stereocenters. The van der Waals surface area contributed by atoms with E-state index in [1.54, 1.807) is 0 Å². The Kier molecular flexibility index (Phi) is 5.07. The Bertz CT molecular complexity index is 396. The van der Waals surface area contributed by atoms with E-state index in [1.165, 1.54) is 5.56 Å². The SMILES string of the molecule is CC1OCC(CO)N(CCc2ccccc2)C1C=O. The molecule has 1 saturated heterocycles. The van der Waals surface area contributed by atoms with Crippen molar-refractivity contribution in [3.8, 4) is 0 Å². The predicted molar refractivity (Wildman–Crippen MR) is 73.0 cm³/mol. The molecule has 0 amide bonds. The van der Waals surface area contributed by atoms with Gasteiger partial charge in [-0.15, -0.1) is 0 Å². The Labute approximate surface area is 114 Å². The summed E-state index contributed by atoms with van der Waals surface area (Å²) in [5.41, 5.74) is 1.24. The van der Waals surface area contributed by atoms with Crippen LogP contribution < -0.4 is 0 Å². The van der Waals surface area contributed by atoms with Crippen molar-refractivity contribution >= 4 is 6.29 Å². The zero-order chi connectivity index (χ0) is 13.7. The van der Waals surface area contributed by atoms with Crippen molar-refractivity contribution in [1.29, 1.82) is 0 Å². The standard InChI is InChI=1S/C15H21NO3/c1-12-15(10-18)16(14(9-17)11-19-12)8-7-13-5-3-2-4-6-13/h2-6,10,12,14-15,17H,7-9,11H2,1H3. The molecule has 1 aliphatic rings. The molecule has 1 N–H and O–H groups in total. The number of aldehydes is 1. The molecule has 0 aliphatic carbocycles. The summed E-state index contributed by atoms with van der Waals surface area (Å²) in [5.74, 6) is 0. The van der Waals surface area contributed by atoms with Crippen molar-refractivity contribution < 1.29 is 14.6 Å². The number of ether oxygens (including phenoxy) is 1. The van der Waals surface area contributed by atoms with Gasteiger partial charge in [-0.25, -0.2) is 0 Å². The Balaban J connectivity index is 2.03. The van der Waals surface area contributed by atoms with Gasteiger partial charge in [0.2, 0.25) is 0 Å². The Morgan fingerprint density at radius 1 is 1.42 bits per heavy atom. The molecular weight excluding hydrogens is 242 g/mol. The molecule has 1 aromatic carbocycles. The van der Waals surface area contributed by atoms with Crippen LogP contribution in [0.4, 0.5) is 0 Å². The van der Waals surface area contributed by atoms with Crippen LogP contribution in [0.2, 0.25) is 0 Å². The first kappa shape index (κ1) is 14.2.